The molecule has 4 aliphatic carbocycles. The van der Waals surface area contributed by atoms with E-state index in [-0.39, 0.29) is 0 Å². The third-order valence-electron chi connectivity index (χ3n) is 9.61. The number of hydrogen-bond acceptors (Lipinski definition) is 0. The van der Waals surface area contributed by atoms with Crippen LogP contribution in [0.3, 0.4) is 0 Å². The number of rotatable bonds is 10. The predicted molar refractivity (Wildman–Crippen MR) is 173 cm³/mol. The van der Waals surface area contributed by atoms with Crippen molar-refractivity contribution in [2.75, 3.05) is 0 Å². The molecule has 0 saturated heterocycles. The molecule has 0 aliphatic heterocycles. The molecule has 0 heterocycles. The second-order valence-electron chi connectivity index (χ2n) is 12.3. The minimum Gasteiger partial charge on any atom is -0.0801 e. The van der Waals surface area contributed by atoms with Crippen molar-refractivity contribution in [3.05, 3.63) is 117 Å². The van der Waals surface area contributed by atoms with Gasteiger partial charge in [-0.15, -0.1) is 0 Å². The van der Waals surface area contributed by atoms with Crippen LogP contribution in [0.25, 0.3) is 33.4 Å². The van der Waals surface area contributed by atoms with E-state index in [9.17, 15) is 0 Å². The van der Waals surface area contributed by atoms with Crippen LogP contribution in [-0.4, -0.2) is 0 Å². The van der Waals surface area contributed by atoms with Gasteiger partial charge in [0.1, 0.15) is 0 Å². The van der Waals surface area contributed by atoms with E-state index in [1.54, 1.807) is 0 Å². The number of hydrogen-bond donors (Lipinski definition) is 0. The predicted octanol–water partition coefficient (Wildman–Crippen LogP) is 11.0. The van der Waals surface area contributed by atoms with E-state index < -0.39 is 0 Å². The van der Waals surface area contributed by atoms with E-state index in [0.29, 0.717) is 0 Å². The van der Waals surface area contributed by atoms with E-state index in [1.807, 2.05) is 0 Å². The van der Waals surface area contributed by atoms with Gasteiger partial charge in [-0.25, -0.2) is 0 Å². The maximum Gasteiger partial charge on any atom is -0.00542 e. The fourth-order valence-electron chi connectivity index (χ4n) is 7.65. The number of aryl methyl sites for hydroxylation is 2. The number of benzene rings is 3. The molecule has 3 aromatic carbocycles. The van der Waals surface area contributed by atoms with E-state index in [0.717, 1.165) is 12.8 Å². The molecule has 0 spiro atoms. The lowest BCUT2D eigenvalue weighted by Gasteiger charge is -2.20. The number of fused-ring (bicyclic) bond motifs is 8. The molecule has 0 saturated carbocycles. The monoisotopic (exact) mass is 522 g/mol. The van der Waals surface area contributed by atoms with Crippen molar-refractivity contribution in [1.29, 1.82) is 0 Å². The van der Waals surface area contributed by atoms with Crippen LogP contribution in [0.2, 0.25) is 0 Å². The second-order valence-corrected chi connectivity index (χ2v) is 12.3. The van der Waals surface area contributed by atoms with Gasteiger partial charge in [-0.3, -0.25) is 0 Å². The van der Waals surface area contributed by atoms with Crippen molar-refractivity contribution in [1.82, 2.24) is 0 Å². The van der Waals surface area contributed by atoms with Crippen molar-refractivity contribution in [3.8, 4) is 22.3 Å². The molecule has 40 heavy (non-hydrogen) atoms. The fraction of sp³-hybridized carbons (Fsp3) is 0.350. The lowest BCUT2D eigenvalue weighted by Crippen LogP contribution is -2.02. The summed E-state index contributed by atoms with van der Waals surface area (Å²) in [5, 5.41) is 0. The average Bonchev–Trinajstić information content (AvgIpc) is 3.23. The molecule has 0 unspecified atom stereocenters. The van der Waals surface area contributed by atoms with Gasteiger partial charge in [-0.05, 0) is 116 Å². The summed E-state index contributed by atoms with van der Waals surface area (Å²) in [4.78, 5) is 0. The van der Waals surface area contributed by atoms with Gasteiger partial charge in [0.25, 0.3) is 0 Å². The molecule has 0 heteroatoms. The largest absolute Gasteiger partial charge is 0.0801 e. The summed E-state index contributed by atoms with van der Waals surface area (Å²) in [5.41, 5.74) is 20.8. The molecule has 3 aromatic rings. The summed E-state index contributed by atoms with van der Waals surface area (Å²) in [6.07, 6.45) is 29.1. The van der Waals surface area contributed by atoms with Gasteiger partial charge in [0.05, 0.1) is 0 Å². The Morgan fingerprint density at radius 3 is 1.43 bits per heavy atom. The van der Waals surface area contributed by atoms with Crippen LogP contribution in [0.4, 0.5) is 0 Å². The summed E-state index contributed by atoms with van der Waals surface area (Å²) < 4.78 is 0. The molecule has 0 radical (unpaired) electrons. The first kappa shape index (κ1) is 25.6. The molecule has 202 valence electrons. The molecular formula is C40H42. The van der Waals surface area contributed by atoms with E-state index in [4.69, 9.17) is 0 Å². The van der Waals surface area contributed by atoms with Gasteiger partial charge in [0.2, 0.25) is 0 Å². The van der Waals surface area contributed by atoms with Gasteiger partial charge < -0.3 is 0 Å². The van der Waals surface area contributed by atoms with Crippen LogP contribution in [0.1, 0.15) is 110 Å². The van der Waals surface area contributed by atoms with Crippen molar-refractivity contribution in [3.63, 3.8) is 0 Å². The fourth-order valence-corrected chi connectivity index (χ4v) is 7.65. The Labute approximate surface area is 241 Å². The molecule has 0 aromatic heterocycles. The average molecular weight is 523 g/mol. The third kappa shape index (κ3) is 4.19. The SMILES string of the molecule is CCCCCCc1ccc2c(c1)C1=CC=CCc3c1c-2c1c2c3-c3ccc(CCCCCC)cc3C2=CC=CC1. The van der Waals surface area contributed by atoms with Crippen molar-refractivity contribution in [2.24, 2.45) is 0 Å². The smallest absolute Gasteiger partial charge is 0.00542 e. The van der Waals surface area contributed by atoms with Gasteiger partial charge in [0.15, 0.2) is 0 Å². The Bertz CT molecular complexity index is 1480. The van der Waals surface area contributed by atoms with Crippen LogP contribution in [0.5, 0.6) is 0 Å². The Balaban J connectivity index is 1.36. The summed E-state index contributed by atoms with van der Waals surface area (Å²) in [7, 11) is 0. The normalized spacial score (nSPS) is 15.2. The summed E-state index contributed by atoms with van der Waals surface area (Å²) >= 11 is 0. The van der Waals surface area contributed by atoms with Crippen LogP contribution in [0, 0.1) is 0 Å². The Morgan fingerprint density at radius 1 is 0.500 bits per heavy atom. The molecule has 0 atom stereocenters. The third-order valence-corrected chi connectivity index (χ3v) is 9.61. The number of allylic oxidation sites excluding steroid dienone is 6. The first-order valence-electron chi connectivity index (χ1n) is 16.0. The van der Waals surface area contributed by atoms with Gasteiger partial charge in [-0.2, -0.15) is 0 Å². The molecular weight excluding hydrogens is 480 g/mol. The highest BCUT2D eigenvalue weighted by Gasteiger charge is 2.37. The first-order valence-corrected chi connectivity index (χ1v) is 16.0. The Hall–Kier alpha value is -3.38. The summed E-state index contributed by atoms with van der Waals surface area (Å²) in [6, 6.07) is 14.8. The van der Waals surface area contributed by atoms with Crippen LogP contribution in [0.15, 0.2) is 72.9 Å². The lowest BCUT2D eigenvalue weighted by atomic mass is 9.83. The zero-order valence-corrected chi connectivity index (χ0v) is 24.4. The summed E-state index contributed by atoms with van der Waals surface area (Å²) in [5.74, 6) is 0. The molecule has 0 N–H and O–H groups in total. The molecule has 0 bridgehead atoms. The highest BCUT2D eigenvalue weighted by atomic mass is 14.4. The molecule has 0 fully saturated rings. The lowest BCUT2D eigenvalue weighted by molar-refractivity contribution is 0.667. The number of unbranched alkanes of at least 4 members (excludes halogenated alkanes) is 6. The van der Waals surface area contributed by atoms with Gasteiger partial charge >= 0.3 is 0 Å². The van der Waals surface area contributed by atoms with Gasteiger partial charge in [0, 0.05) is 0 Å². The van der Waals surface area contributed by atoms with E-state index in [1.165, 1.54) is 142 Å². The summed E-state index contributed by atoms with van der Waals surface area (Å²) in [6.45, 7) is 4.59. The topological polar surface area (TPSA) is 0 Å². The van der Waals surface area contributed by atoms with Crippen molar-refractivity contribution in [2.45, 2.75) is 90.9 Å². The van der Waals surface area contributed by atoms with Crippen LogP contribution < -0.4 is 0 Å². The molecule has 7 rings (SSSR count). The maximum atomic E-state index is 2.52. The Kier molecular flexibility index (Phi) is 6.96. The van der Waals surface area contributed by atoms with Gasteiger partial charge in [-0.1, -0.05) is 125 Å². The minimum absolute atomic E-state index is 1.00. The van der Waals surface area contributed by atoms with Crippen LogP contribution in [-0.2, 0) is 25.7 Å². The zero-order chi connectivity index (χ0) is 27.1. The Morgan fingerprint density at radius 2 is 0.975 bits per heavy atom. The molecule has 4 aliphatic rings. The zero-order valence-electron chi connectivity index (χ0n) is 24.4. The highest BCUT2D eigenvalue weighted by Crippen LogP contribution is 2.58. The minimum atomic E-state index is 1.00. The van der Waals surface area contributed by atoms with Crippen molar-refractivity contribution < 1.29 is 0 Å². The second kappa shape index (κ2) is 10.9. The standard InChI is InChI=1S/C40H42/c1-3-5-7-9-15-27-21-23-31-35(25-27)29-17-11-13-19-33-37(29)39(31)34-20-14-12-18-30-36-26-28(16-10-8-6-4-2)22-24-32(36)40(33)38(30)34/h11-14,17-18,21-26H,3-10,15-16,19-20H2,1-2H3. The van der Waals surface area contributed by atoms with E-state index >= 15 is 0 Å². The highest BCUT2D eigenvalue weighted by molar-refractivity contribution is 6.13. The maximum absolute atomic E-state index is 2.52. The first-order chi connectivity index (χ1) is 19.8. The molecule has 0 nitrogen and oxygen atoms in total. The molecule has 0 amide bonds. The van der Waals surface area contributed by atoms with Crippen molar-refractivity contribution >= 4 is 11.1 Å². The van der Waals surface area contributed by atoms with Crippen LogP contribution >= 0.6 is 0 Å². The van der Waals surface area contributed by atoms with E-state index in [2.05, 4.69) is 86.7 Å². The quantitative estimate of drug-likeness (QED) is 0.160.